The molecule has 0 aliphatic rings. The fourth-order valence-electron chi connectivity index (χ4n) is 2.63. The maximum Gasteiger partial charge on any atom is 0.344 e. The minimum Gasteiger partial charge on any atom is -0.480 e. The highest BCUT2D eigenvalue weighted by Gasteiger charge is 2.27. The van der Waals surface area contributed by atoms with Crippen molar-refractivity contribution in [3.63, 3.8) is 0 Å². The van der Waals surface area contributed by atoms with Gasteiger partial charge in [-0.25, -0.2) is 9.59 Å². The van der Waals surface area contributed by atoms with Crippen molar-refractivity contribution in [3.05, 3.63) is 57.6 Å². The lowest BCUT2D eigenvalue weighted by Crippen LogP contribution is -2.28. The molecule has 0 aromatic heterocycles. The first-order valence-corrected chi connectivity index (χ1v) is 9.90. The summed E-state index contributed by atoms with van der Waals surface area (Å²) >= 11 is 12.3. The Kier molecular flexibility index (Phi) is 7.75. The molecule has 1 atom stereocenters. The standard InChI is InChI=1S/C21H23Cl2N3O5/c1-21(2,3)31-16(27)10-30-18-14(8-12(22)9-15(18)23)17(20(28)29)26-13-6-4-11(5-7-13)19(24)25/h4-9,17,26H,10H2,1-3H3,(H3,24,25)(H,28,29). The number of rotatable bonds is 8. The predicted molar refractivity (Wildman–Crippen MR) is 119 cm³/mol. The van der Waals surface area contributed by atoms with E-state index in [0.717, 1.165) is 0 Å². The molecule has 31 heavy (non-hydrogen) atoms. The fourth-order valence-corrected chi connectivity index (χ4v) is 3.20. The summed E-state index contributed by atoms with van der Waals surface area (Å²) in [5.74, 6) is -1.97. The van der Waals surface area contributed by atoms with Crippen molar-refractivity contribution in [2.24, 2.45) is 5.73 Å². The molecule has 2 aromatic carbocycles. The summed E-state index contributed by atoms with van der Waals surface area (Å²) in [5.41, 5.74) is 5.80. The molecule has 0 amide bonds. The monoisotopic (exact) mass is 467 g/mol. The summed E-state index contributed by atoms with van der Waals surface area (Å²) in [6, 6.07) is 7.81. The number of aliphatic carboxylic acids is 1. The summed E-state index contributed by atoms with van der Waals surface area (Å²) < 4.78 is 10.7. The summed E-state index contributed by atoms with van der Waals surface area (Å²) in [6.07, 6.45) is 0. The van der Waals surface area contributed by atoms with Gasteiger partial charge in [-0.3, -0.25) is 5.41 Å². The molecular weight excluding hydrogens is 445 g/mol. The molecular formula is C21H23Cl2N3O5. The van der Waals surface area contributed by atoms with Crippen LogP contribution >= 0.6 is 23.2 Å². The number of carboxylic acids is 1. The number of nitrogens with one attached hydrogen (secondary N) is 2. The molecule has 0 saturated heterocycles. The highest BCUT2D eigenvalue weighted by Crippen LogP contribution is 2.37. The normalized spacial score (nSPS) is 12.0. The van der Waals surface area contributed by atoms with E-state index in [1.807, 2.05) is 0 Å². The lowest BCUT2D eigenvalue weighted by atomic mass is 10.0. The van der Waals surface area contributed by atoms with Gasteiger partial charge in [-0.1, -0.05) is 23.2 Å². The highest BCUT2D eigenvalue weighted by atomic mass is 35.5. The smallest absolute Gasteiger partial charge is 0.344 e. The highest BCUT2D eigenvalue weighted by molar-refractivity contribution is 6.35. The van der Waals surface area contributed by atoms with Crippen LogP contribution in [-0.4, -0.2) is 35.1 Å². The van der Waals surface area contributed by atoms with Crippen LogP contribution in [0.4, 0.5) is 5.69 Å². The summed E-state index contributed by atoms with van der Waals surface area (Å²) in [4.78, 5) is 24.1. The van der Waals surface area contributed by atoms with Crippen molar-refractivity contribution in [2.75, 3.05) is 11.9 Å². The van der Waals surface area contributed by atoms with Crippen LogP contribution in [0, 0.1) is 5.41 Å². The molecule has 0 aliphatic carbocycles. The number of halogens is 2. The number of nitrogens with two attached hydrogens (primary N) is 1. The van der Waals surface area contributed by atoms with Crippen LogP contribution in [0.15, 0.2) is 36.4 Å². The van der Waals surface area contributed by atoms with Crippen LogP contribution in [0.25, 0.3) is 0 Å². The first-order chi connectivity index (χ1) is 14.4. The molecule has 0 bridgehead atoms. The van der Waals surface area contributed by atoms with E-state index < -0.39 is 30.2 Å². The molecule has 2 rings (SSSR count). The number of carbonyl (C=O) groups is 2. The first kappa shape index (κ1) is 24.3. The number of anilines is 1. The molecule has 8 nitrogen and oxygen atoms in total. The van der Waals surface area contributed by atoms with Gasteiger partial charge < -0.3 is 25.6 Å². The van der Waals surface area contributed by atoms with Crippen LogP contribution in [0.2, 0.25) is 10.0 Å². The average molecular weight is 468 g/mol. The number of nitrogen functional groups attached to an aromatic ring is 1. The van der Waals surface area contributed by atoms with E-state index in [1.54, 1.807) is 45.0 Å². The Bertz CT molecular complexity index is 988. The molecule has 1 unspecified atom stereocenters. The van der Waals surface area contributed by atoms with Gasteiger partial charge in [0, 0.05) is 21.8 Å². The quantitative estimate of drug-likeness (QED) is 0.259. The van der Waals surface area contributed by atoms with Crippen LogP contribution in [0.5, 0.6) is 5.75 Å². The van der Waals surface area contributed by atoms with Gasteiger partial charge in [-0.05, 0) is 57.2 Å². The van der Waals surface area contributed by atoms with Gasteiger partial charge in [0.25, 0.3) is 0 Å². The molecule has 0 saturated carbocycles. The van der Waals surface area contributed by atoms with Crippen molar-refractivity contribution in [2.45, 2.75) is 32.4 Å². The Morgan fingerprint density at radius 2 is 1.81 bits per heavy atom. The average Bonchev–Trinajstić information content (AvgIpc) is 2.63. The summed E-state index contributed by atoms with van der Waals surface area (Å²) in [5, 5.41) is 20.4. The Morgan fingerprint density at radius 3 is 2.32 bits per heavy atom. The van der Waals surface area contributed by atoms with Gasteiger partial charge in [0.05, 0.1) is 5.02 Å². The van der Waals surface area contributed by atoms with Crippen molar-refractivity contribution in [1.82, 2.24) is 0 Å². The van der Waals surface area contributed by atoms with Gasteiger partial charge >= 0.3 is 11.9 Å². The summed E-state index contributed by atoms with van der Waals surface area (Å²) in [7, 11) is 0. The van der Waals surface area contributed by atoms with Crippen LogP contribution in [0.1, 0.15) is 37.9 Å². The van der Waals surface area contributed by atoms with Gasteiger partial charge in [-0.2, -0.15) is 0 Å². The zero-order chi connectivity index (χ0) is 23.3. The molecule has 0 heterocycles. The first-order valence-electron chi connectivity index (χ1n) is 9.15. The van der Waals surface area contributed by atoms with E-state index in [0.29, 0.717) is 11.3 Å². The molecule has 5 N–H and O–H groups in total. The largest absolute Gasteiger partial charge is 0.480 e. The Morgan fingerprint density at radius 1 is 1.19 bits per heavy atom. The van der Waals surface area contributed by atoms with Crippen LogP contribution < -0.4 is 15.8 Å². The molecule has 0 spiro atoms. The zero-order valence-electron chi connectivity index (χ0n) is 17.2. The van der Waals surface area contributed by atoms with Crippen molar-refractivity contribution in [1.29, 1.82) is 5.41 Å². The number of hydrogen-bond donors (Lipinski definition) is 4. The lowest BCUT2D eigenvalue weighted by Gasteiger charge is -2.22. The zero-order valence-corrected chi connectivity index (χ0v) is 18.7. The predicted octanol–water partition coefficient (Wildman–Crippen LogP) is 4.24. The van der Waals surface area contributed by atoms with Crippen molar-refractivity contribution in [3.8, 4) is 5.75 Å². The second-order valence-corrected chi connectivity index (χ2v) is 8.43. The topological polar surface area (TPSA) is 135 Å². The minimum absolute atomic E-state index is 0.00261. The molecule has 0 radical (unpaired) electrons. The van der Waals surface area contributed by atoms with Gasteiger partial charge in [0.2, 0.25) is 0 Å². The third kappa shape index (κ3) is 7.04. The second-order valence-electron chi connectivity index (χ2n) is 7.59. The van der Waals surface area contributed by atoms with E-state index in [1.165, 1.54) is 12.1 Å². The summed E-state index contributed by atoms with van der Waals surface area (Å²) in [6.45, 7) is 4.68. The SMILES string of the molecule is CC(C)(C)OC(=O)COc1c(Cl)cc(Cl)cc1C(Nc1ccc(C(=N)N)cc1)C(=O)O. The van der Waals surface area contributed by atoms with Gasteiger partial charge in [0.1, 0.15) is 17.2 Å². The van der Waals surface area contributed by atoms with E-state index in [9.17, 15) is 14.7 Å². The third-order valence-corrected chi connectivity index (χ3v) is 4.36. The third-order valence-electron chi connectivity index (χ3n) is 3.86. The van der Waals surface area contributed by atoms with E-state index in [-0.39, 0.29) is 27.2 Å². The molecule has 166 valence electrons. The minimum atomic E-state index is -1.30. The number of ether oxygens (including phenoxy) is 2. The number of amidine groups is 1. The van der Waals surface area contributed by atoms with E-state index >= 15 is 0 Å². The van der Waals surface area contributed by atoms with Crippen LogP contribution in [-0.2, 0) is 14.3 Å². The van der Waals surface area contributed by atoms with E-state index in [4.69, 9.17) is 43.8 Å². The molecule has 2 aromatic rings. The Labute approximate surface area is 189 Å². The van der Waals surface area contributed by atoms with E-state index in [2.05, 4.69) is 5.32 Å². The number of benzene rings is 2. The van der Waals surface area contributed by atoms with Crippen molar-refractivity contribution >= 4 is 46.7 Å². The van der Waals surface area contributed by atoms with Gasteiger partial charge in [-0.15, -0.1) is 0 Å². The number of hydrogen-bond acceptors (Lipinski definition) is 6. The Balaban J connectivity index is 2.34. The van der Waals surface area contributed by atoms with Crippen molar-refractivity contribution < 1.29 is 24.2 Å². The maximum absolute atomic E-state index is 12.0. The number of esters is 1. The molecule has 0 fully saturated rings. The van der Waals surface area contributed by atoms with Crippen LogP contribution in [0.3, 0.4) is 0 Å². The van der Waals surface area contributed by atoms with Gasteiger partial charge in [0.15, 0.2) is 12.6 Å². The number of carboxylic acid groups (broad SMARTS) is 1. The lowest BCUT2D eigenvalue weighted by molar-refractivity contribution is -0.157. The fraction of sp³-hybridized carbons (Fsp3) is 0.286. The second kappa shape index (κ2) is 9.89. The Hall–Kier alpha value is -2.97. The molecule has 10 heteroatoms. The molecule has 0 aliphatic heterocycles. The maximum atomic E-state index is 12.0. The number of carbonyl (C=O) groups excluding carboxylic acids is 1.